The van der Waals surface area contributed by atoms with Crippen LogP contribution in [0.3, 0.4) is 0 Å². The highest BCUT2D eigenvalue weighted by Crippen LogP contribution is 2.28. The molecule has 1 atom stereocenters. The topological polar surface area (TPSA) is 83.1 Å². The van der Waals surface area contributed by atoms with Crippen LogP contribution in [0.15, 0.2) is 24.3 Å². The number of aromatic amines is 1. The van der Waals surface area contributed by atoms with Gasteiger partial charge in [-0.05, 0) is 37.7 Å². The summed E-state index contributed by atoms with van der Waals surface area (Å²) < 4.78 is 16.7. The number of methoxy groups -OCH3 is 1. The Balaban J connectivity index is 1.51. The minimum atomic E-state index is -0.555. The molecule has 1 unspecified atom stereocenters. The third-order valence-electron chi connectivity index (χ3n) is 4.88. The Morgan fingerprint density at radius 3 is 2.72 bits per heavy atom. The maximum absolute atomic E-state index is 10.3. The van der Waals surface area contributed by atoms with Gasteiger partial charge in [0.1, 0.15) is 12.7 Å². The van der Waals surface area contributed by atoms with Gasteiger partial charge in [0.05, 0.1) is 26.0 Å². The molecule has 0 spiro atoms. The fourth-order valence-corrected chi connectivity index (χ4v) is 3.45. The van der Waals surface area contributed by atoms with Crippen molar-refractivity contribution in [3.05, 3.63) is 41.2 Å². The number of nitrogens with zero attached hydrogens (tertiary/aromatic N) is 3. The summed E-state index contributed by atoms with van der Waals surface area (Å²) in [6.07, 6.45) is -0.555. The lowest BCUT2D eigenvalue weighted by Crippen LogP contribution is -2.42. The third-order valence-corrected chi connectivity index (χ3v) is 4.88. The van der Waals surface area contributed by atoms with Crippen molar-refractivity contribution in [1.82, 2.24) is 20.0 Å². The maximum Gasteiger partial charge on any atom is 0.161 e. The van der Waals surface area contributed by atoms with E-state index in [1.54, 1.807) is 7.11 Å². The molecule has 2 heterocycles. The number of morpholine rings is 1. The Kier molecular flexibility index (Phi) is 7.88. The van der Waals surface area contributed by atoms with Gasteiger partial charge in [-0.2, -0.15) is 5.10 Å². The Bertz CT molecular complexity index is 761. The van der Waals surface area contributed by atoms with Crippen LogP contribution in [0.4, 0.5) is 0 Å². The molecule has 0 aliphatic carbocycles. The lowest BCUT2D eigenvalue weighted by atomic mass is 10.2. The summed E-state index contributed by atoms with van der Waals surface area (Å²) >= 11 is 0. The molecule has 1 aliphatic rings. The van der Waals surface area contributed by atoms with Gasteiger partial charge in [-0.15, -0.1) is 0 Å². The number of aliphatic hydroxyl groups excluding tert-OH is 1. The lowest BCUT2D eigenvalue weighted by Gasteiger charge is -2.28. The highest BCUT2D eigenvalue weighted by atomic mass is 16.5. The summed E-state index contributed by atoms with van der Waals surface area (Å²) in [4.78, 5) is 4.38. The van der Waals surface area contributed by atoms with Gasteiger partial charge in [0.15, 0.2) is 11.5 Å². The minimum Gasteiger partial charge on any atom is -0.493 e. The molecular formula is C21H32N4O4. The van der Waals surface area contributed by atoms with E-state index in [0.717, 1.165) is 56.3 Å². The van der Waals surface area contributed by atoms with Crippen molar-refractivity contribution in [3.63, 3.8) is 0 Å². The zero-order valence-electron chi connectivity index (χ0n) is 17.6. The summed E-state index contributed by atoms with van der Waals surface area (Å²) in [5.41, 5.74) is 3.20. The number of aryl methyl sites for hydroxylation is 1. The predicted molar refractivity (Wildman–Crippen MR) is 110 cm³/mol. The first-order valence-electron chi connectivity index (χ1n) is 10.0. The molecule has 0 radical (unpaired) electrons. The summed E-state index contributed by atoms with van der Waals surface area (Å²) in [6, 6.07) is 7.97. The highest BCUT2D eigenvalue weighted by molar-refractivity contribution is 5.43. The number of aliphatic hydroxyl groups is 1. The lowest BCUT2D eigenvalue weighted by molar-refractivity contribution is 0.00445. The molecule has 1 aromatic carbocycles. The maximum atomic E-state index is 10.3. The number of aromatic nitrogens is 2. The number of hydrogen-bond acceptors (Lipinski definition) is 7. The van der Waals surface area contributed by atoms with Crippen molar-refractivity contribution < 1.29 is 19.3 Å². The van der Waals surface area contributed by atoms with Gasteiger partial charge < -0.3 is 19.3 Å². The first-order valence-corrected chi connectivity index (χ1v) is 10.0. The number of nitrogens with one attached hydrogen (secondary N) is 1. The Morgan fingerprint density at radius 1 is 1.24 bits per heavy atom. The molecule has 2 N–H and O–H groups in total. The van der Waals surface area contributed by atoms with E-state index in [2.05, 4.69) is 33.1 Å². The van der Waals surface area contributed by atoms with Gasteiger partial charge in [0.25, 0.3) is 0 Å². The van der Waals surface area contributed by atoms with Gasteiger partial charge >= 0.3 is 0 Å². The van der Waals surface area contributed by atoms with E-state index >= 15 is 0 Å². The quantitative estimate of drug-likeness (QED) is 0.620. The molecule has 3 rings (SSSR count). The molecule has 0 saturated carbocycles. The van der Waals surface area contributed by atoms with Crippen LogP contribution in [0.1, 0.15) is 17.0 Å². The average Bonchev–Trinajstić information content (AvgIpc) is 3.12. The Hall–Kier alpha value is -2.13. The van der Waals surface area contributed by atoms with Gasteiger partial charge in [-0.3, -0.25) is 14.9 Å². The van der Waals surface area contributed by atoms with E-state index in [4.69, 9.17) is 14.2 Å². The van der Waals surface area contributed by atoms with Crippen LogP contribution in [0, 0.1) is 6.92 Å². The van der Waals surface area contributed by atoms with Gasteiger partial charge in [0, 0.05) is 38.4 Å². The second-order valence-electron chi connectivity index (χ2n) is 7.58. The van der Waals surface area contributed by atoms with Crippen LogP contribution in [0.2, 0.25) is 0 Å². The van der Waals surface area contributed by atoms with Crippen LogP contribution in [-0.2, 0) is 17.8 Å². The molecule has 0 amide bonds. The first kappa shape index (κ1) is 21.6. The third kappa shape index (κ3) is 6.71. The van der Waals surface area contributed by atoms with Crippen molar-refractivity contribution in [3.8, 4) is 11.5 Å². The molecule has 8 nitrogen and oxygen atoms in total. The van der Waals surface area contributed by atoms with Gasteiger partial charge in [0.2, 0.25) is 0 Å². The first-order chi connectivity index (χ1) is 14.0. The van der Waals surface area contributed by atoms with Crippen molar-refractivity contribution >= 4 is 0 Å². The Morgan fingerprint density at radius 2 is 2.03 bits per heavy atom. The van der Waals surface area contributed by atoms with Crippen molar-refractivity contribution in [2.75, 3.05) is 53.6 Å². The van der Waals surface area contributed by atoms with E-state index < -0.39 is 6.10 Å². The van der Waals surface area contributed by atoms with Crippen LogP contribution < -0.4 is 9.47 Å². The monoisotopic (exact) mass is 404 g/mol. The Labute approximate surface area is 172 Å². The summed E-state index contributed by atoms with van der Waals surface area (Å²) in [6.45, 7) is 7.47. The largest absolute Gasteiger partial charge is 0.493 e. The van der Waals surface area contributed by atoms with Gasteiger partial charge in [-0.1, -0.05) is 6.07 Å². The number of rotatable bonds is 10. The zero-order chi connectivity index (χ0) is 20.6. The fraction of sp³-hybridized carbons (Fsp3) is 0.571. The van der Waals surface area contributed by atoms with E-state index in [9.17, 15) is 5.11 Å². The fourth-order valence-electron chi connectivity index (χ4n) is 3.45. The van der Waals surface area contributed by atoms with Gasteiger partial charge in [-0.25, -0.2) is 0 Å². The molecule has 160 valence electrons. The molecular weight excluding hydrogens is 372 g/mol. The molecule has 1 fully saturated rings. The van der Waals surface area contributed by atoms with Crippen LogP contribution >= 0.6 is 0 Å². The van der Waals surface area contributed by atoms with Crippen molar-refractivity contribution in [2.45, 2.75) is 26.1 Å². The number of β-amino-alcohol motifs (C(OH)–C–C–N with tert-alkyl or cyclic N) is 1. The number of benzene rings is 1. The average molecular weight is 405 g/mol. The molecule has 29 heavy (non-hydrogen) atoms. The van der Waals surface area contributed by atoms with E-state index in [1.807, 2.05) is 25.1 Å². The molecule has 1 aromatic heterocycles. The normalized spacial score (nSPS) is 16.2. The number of ether oxygens (including phenoxy) is 3. The number of H-pyrrole nitrogens is 1. The number of hydrogen-bond donors (Lipinski definition) is 2. The summed E-state index contributed by atoms with van der Waals surface area (Å²) in [5, 5.41) is 17.5. The molecule has 8 heteroatoms. The highest BCUT2D eigenvalue weighted by Gasteiger charge is 2.16. The van der Waals surface area contributed by atoms with Crippen LogP contribution in [0.5, 0.6) is 11.5 Å². The second-order valence-corrected chi connectivity index (χ2v) is 7.58. The SMILES string of the molecule is COc1cc(CN(C)Cc2cc(C)[nH]n2)ccc1OCC(O)CN1CCOCC1. The molecule has 1 saturated heterocycles. The van der Waals surface area contributed by atoms with E-state index in [-0.39, 0.29) is 6.61 Å². The molecule has 1 aliphatic heterocycles. The minimum absolute atomic E-state index is 0.228. The summed E-state index contributed by atoms with van der Waals surface area (Å²) in [5.74, 6) is 1.31. The molecule has 2 aromatic rings. The van der Waals surface area contributed by atoms with Crippen molar-refractivity contribution in [2.24, 2.45) is 0 Å². The van der Waals surface area contributed by atoms with Crippen LogP contribution in [0.25, 0.3) is 0 Å². The van der Waals surface area contributed by atoms with Crippen molar-refractivity contribution in [1.29, 1.82) is 0 Å². The standard InChI is InChI=1S/C21H32N4O4/c1-16-10-18(23-22-16)13-24(2)12-17-4-5-20(21(11-17)27-3)29-15-19(26)14-25-6-8-28-9-7-25/h4-5,10-11,19,26H,6-9,12-15H2,1-3H3,(H,22,23). The summed E-state index contributed by atoms with van der Waals surface area (Å²) in [7, 11) is 3.69. The van der Waals surface area contributed by atoms with E-state index in [1.165, 1.54) is 0 Å². The molecule has 0 bridgehead atoms. The predicted octanol–water partition coefficient (Wildman–Crippen LogP) is 1.43. The zero-order valence-corrected chi connectivity index (χ0v) is 17.6. The van der Waals surface area contributed by atoms with Crippen LogP contribution in [-0.4, -0.2) is 84.8 Å². The smallest absolute Gasteiger partial charge is 0.161 e. The second kappa shape index (κ2) is 10.6. The van der Waals surface area contributed by atoms with E-state index in [0.29, 0.717) is 18.0 Å².